The van der Waals surface area contributed by atoms with E-state index in [1.807, 2.05) is 19.1 Å². The van der Waals surface area contributed by atoms with Crippen molar-refractivity contribution in [3.8, 4) is 5.69 Å². The number of halogens is 1. The van der Waals surface area contributed by atoms with Gasteiger partial charge < -0.3 is 4.74 Å². The van der Waals surface area contributed by atoms with Crippen molar-refractivity contribution >= 4 is 32.8 Å². The summed E-state index contributed by atoms with van der Waals surface area (Å²) < 4.78 is 7.08. The molecule has 5 nitrogen and oxygen atoms in total. The number of carbonyl (C=O) groups is 1. The third kappa shape index (κ3) is 2.85. The first-order valence-electron chi connectivity index (χ1n) is 7.48. The molecule has 0 aliphatic rings. The van der Waals surface area contributed by atoms with Crippen LogP contribution in [-0.4, -0.2) is 22.1 Å². The first kappa shape index (κ1) is 16.4. The number of aryl methyl sites for hydroxylation is 1. The van der Waals surface area contributed by atoms with E-state index in [-0.39, 0.29) is 18.0 Å². The average molecular weight is 387 g/mol. The molecule has 1 heterocycles. The molecule has 1 aromatic heterocycles. The van der Waals surface area contributed by atoms with E-state index in [1.54, 1.807) is 37.3 Å². The van der Waals surface area contributed by atoms with Crippen LogP contribution in [0.25, 0.3) is 16.6 Å². The molecule has 0 aliphatic carbocycles. The Hall–Kier alpha value is -2.47. The van der Waals surface area contributed by atoms with Crippen LogP contribution in [0.3, 0.4) is 0 Å². The second-order valence-electron chi connectivity index (χ2n) is 5.27. The van der Waals surface area contributed by atoms with E-state index in [2.05, 4.69) is 20.9 Å². The molecule has 0 radical (unpaired) electrons. The molecule has 3 rings (SSSR count). The Morgan fingerprint density at radius 3 is 2.71 bits per heavy atom. The van der Waals surface area contributed by atoms with E-state index >= 15 is 0 Å². The third-order valence-electron chi connectivity index (χ3n) is 3.58. The summed E-state index contributed by atoms with van der Waals surface area (Å²) in [6, 6.07) is 12.5. The monoisotopic (exact) mass is 386 g/mol. The Kier molecular flexibility index (Phi) is 4.49. The number of hydrogen-bond acceptors (Lipinski definition) is 4. The van der Waals surface area contributed by atoms with Gasteiger partial charge in [0.25, 0.3) is 5.56 Å². The smallest absolute Gasteiger partial charge is 0.375 e. The highest BCUT2D eigenvalue weighted by atomic mass is 79.9. The molecular weight excluding hydrogens is 372 g/mol. The maximum atomic E-state index is 13.0. The van der Waals surface area contributed by atoms with Crippen molar-refractivity contribution in [2.24, 2.45) is 0 Å². The number of hydrogen-bond donors (Lipinski definition) is 0. The minimum atomic E-state index is -0.632. The summed E-state index contributed by atoms with van der Waals surface area (Å²) in [6.07, 6.45) is 0. The standard InChI is InChI=1S/C18H15BrN2O3/c1-3-24-18(23)16-20-14-7-5-4-6-12(14)17(22)21(16)15-9-8-11(2)10-13(15)19/h4-10H,3H2,1-2H3. The summed E-state index contributed by atoms with van der Waals surface area (Å²) in [5.74, 6) is -0.669. The molecule has 0 fully saturated rings. The summed E-state index contributed by atoms with van der Waals surface area (Å²) in [4.78, 5) is 29.7. The lowest BCUT2D eigenvalue weighted by molar-refractivity contribution is 0.0508. The zero-order chi connectivity index (χ0) is 17.3. The molecule has 0 unspecified atom stereocenters. The molecule has 0 amide bonds. The predicted octanol–water partition coefficient (Wildman–Crippen LogP) is 3.63. The largest absolute Gasteiger partial charge is 0.460 e. The van der Waals surface area contributed by atoms with Gasteiger partial charge >= 0.3 is 5.97 Å². The van der Waals surface area contributed by atoms with E-state index in [1.165, 1.54) is 4.57 Å². The van der Waals surface area contributed by atoms with Crippen molar-refractivity contribution in [1.29, 1.82) is 0 Å². The second-order valence-corrected chi connectivity index (χ2v) is 6.12. The van der Waals surface area contributed by atoms with Crippen LogP contribution in [0.15, 0.2) is 51.7 Å². The number of benzene rings is 2. The van der Waals surface area contributed by atoms with Crippen LogP contribution in [0.2, 0.25) is 0 Å². The van der Waals surface area contributed by atoms with Crippen molar-refractivity contribution in [2.75, 3.05) is 6.61 Å². The first-order valence-corrected chi connectivity index (χ1v) is 8.27. The molecular formula is C18H15BrN2O3. The van der Waals surface area contributed by atoms with Gasteiger partial charge in [0, 0.05) is 4.47 Å². The van der Waals surface area contributed by atoms with E-state index in [0.29, 0.717) is 21.1 Å². The number of ether oxygens (including phenoxy) is 1. The van der Waals surface area contributed by atoms with Crippen LogP contribution in [0, 0.1) is 6.92 Å². The van der Waals surface area contributed by atoms with E-state index < -0.39 is 5.97 Å². The summed E-state index contributed by atoms with van der Waals surface area (Å²) in [5.41, 5.74) is 1.73. The fraction of sp³-hybridized carbons (Fsp3) is 0.167. The Bertz CT molecular complexity index is 995. The first-order chi connectivity index (χ1) is 11.5. The number of esters is 1. The maximum Gasteiger partial charge on any atom is 0.375 e. The summed E-state index contributed by atoms with van der Waals surface area (Å²) in [6.45, 7) is 3.86. The zero-order valence-corrected chi connectivity index (χ0v) is 14.8. The van der Waals surface area contributed by atoms with Gasteiger partial charge in [-0.1, -0.05) is 18.2 Å². The van der Waals surface area contributed by atoms with E-state index in [9.17, 15) is 9.59 Å². The Labute approximate surface area is 147 Å². The molecule has 0 saturated carbocycles. The van der Waals surface area contributed by atoms with Crippen molar-refractivity contribution < 1.29 is 9.53 Å². The van der Waals surface area contributed by atoms with Crippen molar-refractivity contribution in [3.05, 3.63) is 68.7 Å². The molecule has 6 heteroatoms. The summed E-state index contributed by atoms with van der Waals surface area (Å²) in [7, 11) is 0. The Balaban J connectivity index is 2.39. The molecule has 122 valence electrons. The number of para-hydroxylation sites is 1. The second kappa shape index (κ2) is 6.57. The molecule has 0 N–H and O–H groups in total. The quantitative estimate of drug-likeness (QED) is 0.644. The van der Waals surface area contributed by atoms with Gasteiger partial charge in [-0.25, -0.2) is 9.78 Å². The van der Waals surface area contributed by atoms with Crippen LogP contribution < -0.4 is 5.56 Å². The third-order valence-corrected chi connectivity index (χ3v) is 4.21. The van der Waals surface area contributed by atoms with Gasteiger partial charge in [0.05, 0.1) is 23.2 Å². The fourth-order valence-electron chi connectivity index (χ4n) is 2.48. The molecule has 24 heavy (non-hydrogen) atoms. The summed E-state index contributed by atoms with van der Waals surface area (Å²) >= 11 is 3.46. The zero-order valence-electron chi connectivity index (χ0n) is 13.2. The highest BCUT2D eigenvalue weighted by Gasteiger charge is 2.21. The molecule has 0 atom stereocenters. The van der Waals surface area contributed by atoms with E-state index in [0.717, 1.165) is 5.56 Å². The van der Waals surface area contributed by atoms with Gasteiger partial charge in [-0.05, 0) is 59.6 Å². The topological polar surface area (TPSA) is 61.2 Å². The lowest BCUT2D eigenvalue weighted by Crippen LogP contribution is -2.27. The van der Waals surface area contributed by atoms with E-state index in [4.69, 9.17) is 4.74 Å². The van der Waals surface area contributed by atoms with Crippen LogP contribution in [0.5, 0.6) is 0 Å². The van der Waals surface area contributed by atoms with Gasteiger partial charge in [0.1, 0.15) is 0 Å². The minimum absolute atomic E-state index is 0.0369. The fourth-order valence-corrected chi connectivity index (χ4v) is 3.15. The molecule has 3 aromatic rings. The van der Waals surface area contributed by atoms with Gasteiger partial charge in [-0.15, -0.1) is 0 Å². The van der Waals surface area contributed by atoms with Gasteiger partial charge in [0.2, 0.25) is 5.82 Å². The van der Waals surface area contributed by atoms with Gasteiger partial charge in [-0.2, -0.15) is 0 Å². The highest BCUT2D eigenvalue weighted by Crippen LogP contribution is 2.23. The van der Waals surface area contributed by atoms with Gasteiger partial charge in [0.15, 0.2) is 0 Å². The molecule has 0 saturated heterocycles. The number of fused-ring (bicyclic) bond motifs is 1. The van der Waals surface area contributed by atoms with Crippen molar-refractivity contribution in [2.45, 2.75) is 13.8 Å². The van der Waals surface area contributed by atoms with Crippen LogP contribution in [0.4, 0.5) is 0 Å². The molecule has 0 bridgehead atoms. The van der Waals surface area contributed by atoms with Crippen molar-refractivity contribution in [1.82, 2.24) is 9.55 Å². The number of rotatable bonds is 3. The molecule has 0 spiro atoms. The average Bonchev–Trinajstić information content (AvgIpc) is 2.56. The predicted molar refractivity (Wildman–Crippen MR) is 95.7 cm³/mol. The van der Waals surface area contributed by atoms with Crippen LogP contribution in [-0.2, 0) is 4.74 Å². The Morgan fingerprint density at radius 2 is 2.00 bits per heavy atom. The normalized spacial score (nSPS) is 10.8. The molecule has 0 aliphatic heterocycles. The number of nitrogens with zero attached hydrogens (tertiary/aromatic N) is 2. The lowest BCUT2D eigenvalue weighted by atomic mass is 10.2. The highest BCUT2D eigenvalue weighted by molar-refractivity contribution is 9.10. The van der Waals surface area contributed by atoms with Crippen molar-refractivity contribution in [3.63, 3.8) is 0 Å². The SMILES string of the molecule is CCOC(=O)c1nc2ccccc2c(=O)n1-c1ccc(C)cc1Br. The van der Waals surface area contributed by atoms with Crippen LogP contribution >= 0.6 is 15.9 Å². The molecule has 2 aromatic carbocycles. The summed E-state index contributed by atoms with van der Waals surface area (Å²) in [5, 5.41) is 0.443. The van der Waals surface area contributed by atoms with Gasteiger partial charge in [-0.3, -0.25) is 9.36 Å². The number of aromatic nitrogens is 2. The maximum absolute atomic E-state index is 13.0. The minimum Gasteiger partial charge on any atom is -0.460 e. The van der Waals surface area contributed by atoms with Crippen LogP contribution in [0.1, 0.15) is 23.1 Å². The Morgan fingerprint density at radius 1 is 1.25 bits per heavy atom. The number of carbonyl (C=O) groups excluding carboxylic acids is 1. The lowest BCUT2D eigenvalue weighted by Gasteiger charge is -2.14.